The van der Waals surface area contributed by atoms with Gasteiger partial charge in [0.25, 0.3) is 0 Å². The first-order valence-electron chi connectivity index (χ1n) is 4.19. The summed E-state index contributed by atoms with van der Waals surface area (Å²) in [5, 5.41) is 12.3. The fourth-order valence-corrected chi connectivity index (χ4v) is 1.17. The Hall–Kier alpha value is -1.22. The third-order valence-corrected chi connectivity index (χ3v) is 2.05. The van der Waals surface area contributed by atoms with Crippen molar-refractivity contribution in [3.05, 3.63) is 29.3 Å². The molecule has 0 aliphatic heterocycles. The van der Waals surface area contributed by atoms with Gasteiger partial charge in [0.1, 0.15) is 5.54 Å². The Labute approximate surface area is 87.7 Å². The molecule has 0 saturated carbocycles. The summed E-state index contributed by atoms with van der Waals surface area (Å²) in [6, 6.07) is 6.96. The van der Waals surface area contributed by atoms with Crippen molar-refractivity contribution in [1.82, 2.24) is 0 Å². The first kappa shape index (κ1) is 10.9. The third kappa shape index (κ3) is 2.64. The predicted molar refractivity (Wildman–Crippen MR) is 56.8 cm³/mol. The van der Waals surface area contributed by atoms with E-state index in [1.54, 1.807) is 38.1 Å². The Morgan fingerprint density at radius 2 is 2.14 bits per heavy atom. The van der Waals surface area contributed by atoms with E-state index < -0.39 is 11.5 Å². The first-order chi connectivity index (χ1) is 6.42. The average molecular weight is 214 g/mol. The van der Waals surface area contributed by atoms with Gasteiger partial charge in [0.05, 0.1) is 0 Å². The highest BCUT2D eigenvalue weighted by Gasteiger charge is 2.26. The quantitative estimate of drug-likeness (QED) is 0.812. The zero-order chi connectivity index (χ0) is 10.8. The molecular weight excluding hydrogens is 202 g/mol. The van der Waals surface area contributed by atoms with Crippen molar-refractivity contribution in [3.8, 4) is 0 Å². The van der Waals surface area contributed by atoms with Crippen molar-refractivity contribution >= 4 is 23.3 Å². The lowest BCUT2D eigenvalue weighted by atomic mass is 10.1. The SMILES string of the molecule is CC(C)(Nc1cccc(Cl)c1)C(=O)O. The molecule has 0 saturated heterocycles. The van der Waals surface area contributed by atoms with Crippen LogP contribution in [0.15, 0.2) is 24.3 Å². The molecule has 76 valence electrons. The van der Waals surface area contributed by atoms with Crippen molar-refractivity contribution in [2.45, 2.75) is 19.4 Å². The molecule has 2 N–H and O–H groups in total. The second-order valence-electron chi connectivity index (χ2n) is 3.57. The number of anilines is 1. The molecule has 3 nitrogen and oxygen atoms in total. The van der Waals surface area contributed by atoms with E-state index >= 15 is 0 Å². The fraction of sp³-hybridized carbons (Fsp3) is 0.300. The normalized spacial score (nSPS) is 11.1. The molecule has 1 rings (SSSR count). The number of rotatable bonds is 3. The highest BCUT2D eigenvalue weighted by Crippen LogP contribution is 2.19. The second kappa shape index (κ2) is 3.88. The molecule has 0 aliphatic rings. The van der Waals surface area contributed by atoms with Gasteiger partial charge in [0, 0.05) is 10.7 Å². The van der Waals surface area contributed by atoms with E-state index in [1.807, 2.05) is 0 Å². The Bertz CT molecular complexity index is 350. The van der Waals surface area contributed by atoms with E-state index in [2.05, 4.69) is 5.32 Å². The number of benzene rings is 1. The number of carboxylic acid groups (broad SMARTS) is 1. The summed E-state index contributed by atoms with van der Waals surface area (Å²) < 4.78 is 0. The molecule has 1 aromatic carbocycles. The lowest BCUT2D eigenvalue weighted by Crippen LogP contribution is -2.39. The molecular formula is C10H12ClNO2. The molecule has 0 atom stereocenters. The van der Waals surface area contributed by atoms with Crippen LogP contribution in [-0.4, -0.2) is 16.6 Å². The van der Waals surface area contributed by atoms with Crippen LogP contribution in [0.2, 0.25) is 5.02 Å². The van der Waals surface area contributed by atoms with Crippen LogP contribution in [0.25, 0.3) is 0 Å². The molecule has 0 unspecified atom stereocenters. The number of carbonyl (C=O) groups is 1. The van der Waals surface area contributed by atoms with Gasteiger partial charge in [-0.25, -0.2) is 4.79 Å². The number of hydrogen-bond acceptors (Lipinski definition) is 2. The predicted octanol–water partition coefficient (Wildman–Crippen LogP) is 2.62. The largest absolute Gasteiger partial charge is 0.480 e. The maximum atomic E-state index is 10.8. The first-order valence-corrected chi connectivity index (χ1v) is 4.57. The van der Waals surface area contributed by atoms with E-state index in [4.69, 9.17) is 16.7 Å². The molecule has 0 aromatic heterocycles. The third-order valence-electron chi connectivity index (χ3n) is 1.82. The van der Waals surface area contributed by atoms with E-state index in [1.165, 1.54) is 0 Å². The van der Waals surface area contributed by atoms with Gasteiger partial charge in [-0.15, -0.1) is 0 Å². The lowest BCUT2D eigenvalue weighted by Gasteiger charge is -2.22. The van der Waals surface area contributed by atoms with Gasteiger partial charge < -0.3 is 10.4 Å². The molecule has 0 radical (unpaired) electrons. The second-order valence-corrected chi connectivity index (χ2v) is 4.00. The van der Waals surface area contributed by atoms with Gasteiger partial charge in [-0.05, 0) is 32.0 Å². The summed E-state index contributed by atoms with van der Waals surface area (Å²) in [6.45, 7) is 3.19. The maximum absolute atomic E-state index is 10.8. The monoisotopic (exact) mass is 213 g/mol. The highest BCUT2D eigenvalue weighted by atomic mass is 35.5. The maximum Gasteiger partial charge on any atom is 0.328 e. The Morgan fingerprint density at radius 3 is 2.64 bits per heavy atom. The van der Waals surface area contributed by atoms with E-state index in [9.17, 15) is 4.79 Å². The average Bonchev–Trinajstić information content (AvgIpc) is 2.02. The minimum atomic E-state index is -0.995. The molecule has 0 heterocycles. The van der Waals surface area contributed by atoms with Crippen LogP contribution in [0.3, 0.4) is 0 Å². The van der Waals surface area contributed by atoms with E-state index in [0.717, 1.165) is 0 Å². The summed E-state index contributed by atoms with van der Waals surface area (Å²) in [6.07, 6.45) is 0. The molecule has 14 heavy (non-hydrogen) atoms. The summed E-state index contributed by atoms with van der Waals surface area (Å²) in [7, 11) is 0. The van der Waals surface area contributed by atoms with Crippen LogP contribution in [0, 0.1) is 0 Å². The van der Waals surface area contributed by atoms with Gasteiger partial charge in [-0.1, -0.05) is 17.7 Å². The molecule has 0 amide bonds. The summed E-state index contributed by atoms with van der Waals surface area (Å²) >= 11 is 5.77. The minimum absolute atomic E-state index is 0.580. The zero-order valence-corrected chi connectivity index (χ0v) is 8.80. The van der Waals surface area contributed by atoms with Crippen LogP contribution < -0.4 is 5.32 Å². The smallest absolute Gasteiger partial charge is 0.328 e. The van der Waals surface area contributed by atoms with E-state index in [0.29, 0.717) is 10.7 Å². The number of nitrogens with one attached hydrogen (secondary N) is 1. The molecule has 0 spiro atoms. The Kier molecular flexibility index (Phi) is 3.01. The van der Waals surface area contributed by atoms with Crippen molar-refractivity contribution in [2.75, 3.05) is 5.32 Å². The van der Waals surface area contributed by atoms with Crippen molar-refractivity contribution in [3.63, 3.8) is 0 Å². The summed E-state index contributed by atoms with van der Waals surface area (Å²) in [4.78, 5) is 10.8. The van der Waals surface area contributed by atoms with Crippen LogP contribution in [0.1, 0.15) is 13.8 Å². The van der Waals surface area contributed by atoms with Gasteiger partial charge in [-0.2, -0.15) is 0 Å². The number of halogens is 1. The van der Waals surface area contributed by atoms with Gasteiger partial charge in [-0.3, -0.25) is 0 Å². The number of carboxylic acids is 1. The topological polar surface area (TPSA) is 49.3 Å². The fourth-order valence-electron chi connectivity index (χ4n) is 0.981. The van der Waals surface area contributed by atoms with Crippen LogP contribution in [0.5, 0.6) is 0 Å². The number of hydrogen-bond donors (Lipinski definition) is 2. The Balaban J connectivity index is 2.83. The summed E-state index contributed by atoms with van der Waals surface area (Å²) in [5.74, 6) is -0.905. The zero-order valence-electron chi connectivity index (χ0n) is 8.04. The summed E-state index contributed by atoms with van der Waals surface area (Å²) in [5.41, 5.74) is -0.296. The standard InChI is InChI=1S/C10H12ClNO2/c1-10(2,9(13)14)12-8-5-3-4-7(11)6-8/h3-6,12H,1-2H3,(H,13,14). The molecule has 4 heteroatoms. The Morgan fingerprint density at radius 1 is 1.50 bits per heavy atom. The molecule has 0 bridgehead atoms. The van der Waals surface area contributed by atoms with Gasteiger partial charge in [0.15, 0.2) is 0 Å². The van der Waals surface area contributed by atoms with Crippen LogP contribution >= 0.6 is 11.6 Å². The van der Waals surface area contributed by atoms with Gasteiger partial charge in [0.2, 0.25) is 0 Å². The van der Waals surface area contributed by atoms with Crippen LogP contribution in [0.4, 0.5) is 5.69 Å². The van der Waals surface area contributed by atoms with Crippen molar-refractivity contribution < 1.29 is 9.90 Å². The molecule has 0 fully saturated rings. The van der Waals surface area contributed by atoms with Crippen LogP contribution in [-0.2, 0) is 4.79 Å². The molecule has 1 aromatic rings. The van der Waals surface area contributed by atoms with Crippen molar-refractivity contribution in [2.24, 2.45) is 0 Å². The van der Waals surface area contributed by atoms with Crippen molar-refractivity contribution in [1.29, 1.82) is 0 Å². The molecule has 0 aliphatic carbocycles. The van der Waals surface area contributed by atoms with E-state index in [-0.39, 0.29) is 0 Å². The minimum Gasteiger partial charge on any atom is -0.480 e. The number of aliphatic carboxylic acids is 1. The van der Waals surface area contributed by atoms with Gasteiger partial charge >= 0.3 is 5.97 Å². The lowest BCUT2D eigenvalue weighted by molar-refractivity contribution is -0.141. The highest BCUT2D eigenvalue weighted by molar-refractivity contribution is 6.30.